The quantitative estimate of drug-likeness (QED) is 0.921. The molecule has 17 heavy (non-hydrogen) atoms. The second kappa shape index (κ2) is 4.94. The smallest absolute Gasteiger partial charge is 0.124 e. The third-order valence-electron chi connectivity index (χ3n) is 2.47. The summed E-state index contributed by atoms with van der Waals surface area (Å²) in [5, 5.41) is 10.2. The predicted octanol–water partition coefficient (Wildman–Crippen LogP) is 3.37. The summed E-state index contributed by atoms with van der Waals surface area (Å²) in [7, 11) is 0. The monoisotopic (exact) mass is 295 g/mol. The lowest BCUT2D eigenvalue weighted by Gasteiger charge is -2.13. The number of hydrogen-bond donors (Lipinski definition) is 1. The van der Waals surface area contributed by atoms with Crippen LogP contribution in [0.2, 0.25) is 0 Å². The van der Waals surface area contributed by atoms with Gasteiger partial charge in [-0.3, -0.25) is 4.98 Å². The summed E-state index contributed by atoms with van der Waals surface area (Å²) in [6.07, 6.45) is 2.51. The van der Waals surface area contributed by atoms with Crippen molar-refractivity contribution in [1.29, 1.82) is 0 Å². The third-order valence-corrected chi connectivity index (χ3v) is 3.16. The molecule has 2 rings (SSSR count). The van der Waals surface area contributed by atoms with Crippen LogP contribution in [-0.4, -0.2) is 10.1 Å². The number of aliphatic hydroxyl groups excluding tert-OH is 1. The molecular weight excluding hydrogens is 285 g/mol. The lowest BCUT2D eigenvalue weighted by Crippen LogP contribution is -2.02. The Morgan fingerprint density at radius 2 is 2.06 bits per heavy atom. The van der Waals surface area contributed by atoms with Gasteiger partial charge in [0.15, 0.2) is 0 Å². The molecular formula is C13H11BrFNO. The summed E-state index contributed by atoms with van der Waals surface area (Å²) in [6.45, 7) is 1.91. The Kier molecular flexibility index (Phi) is 3.54. The minimum atomic E-state index is -0.808. The second-order valence-corrected chi connectivity index (χ2v) is 4.72. The van der Waals surface area contributed by atoms with Gasteiger partial charge in [0.1, 0.15) is 11.9 Å². The van der Waals surface area contributed by atoms with Crippen LogP contribution in [0.5, 0.6) is 0 Å². The molecule has 0 saturated carbocycles. The van der Waals surface area contributed by atoms with Gasteiger partial charge >= 0.3 is 0 Å². The van der Waals surface area contributed by atoms with Gasteiger partial charge in [0.05, 0.1) is 0 Å². The zero-order valence-corrected chi connectivity index (χ0v) is 10.8. The maximum Gasteiger partial charge on any atom is 0.124 e. The average Bonchev–Trinajstić information content (AvgIpc) is 2.28. The molecule has 0 aliphatic heterocycles. The van der Waals surface area contributed by atoms with Crippen molar-refractivity contribution < 1.29 is 9.50 Å². The van der Waals surface area contributed by atoms with E-state index in [9.17, 15) is 9.50 Å². The van der Waals surface area contributed by atoms with Gasteiger partial charge in [-0.05, 0) is 30.2 Å². The SMILES string of the molecule is Cc1cncc(C(O)c2ccc(F)cc2Br)c1. The molecule has 2 aromatic rings. The molecule has 1 unspecified atom stereocenters. The van der Waals surface area contributed by atoms with E-state index in [1.165, 1.54) is 12.1 Å². The summed E-state index contributed by atoms with van der Waals surface area (Å²) in [6, 6.07) is 6.08. The van der Waals surface area contributed by atoms with Crippen LogP contribution in [0.3, 0.4) is 0 Å². The zero-order valence-electron chi connectivity index (χ0n) is 9.19. The van der Waals surface area contributed by atoms with E-state index in [1.54, 1.807) is 18.5 Å². The first-order valence-electron chi connectivity index (χ1n) is 5.12. The van der Waals surface area contributed by atoms with Crippen molar-refractivity contribution in [2.45, 2.75) is 13.0 Å². The molecule has 0 radical (unpaired) electrons. The number of aromatic nitrogens is 1. The summed E-state index contributed by atoms with van der Waals surface area (Å²) in [5.74, 6) is -0.338. The van der Waals surface area contributed by atoms with E-state index in [-0.39, 0.29) is 5.82 Å². The van der Waals surface area contributed by atoms with Crippen molar-refractivity contribution in [1.82, 2.24) is 4.98 Å². The van der Waals surface area contributed by atoms with E-state index in [2.05, 4.69) is 20.9 Å². The van der Waals surface area contributed by atoms with Crippen LogP contribution in [0.15, 0.2) is 41.1 Å². The van der Waals surface area contributed by atoms with Gasteiger partial charge in [-0.2, -0.15) is 0 Å². The van der Waals surface area contributed by atoms with E-state index in [1.807, 2.05) is 13.0 Å². The molecule has 88 valence electrons. The molecule has 0 aliphatic rings. The van der Waals surface area contributed by atoms with Crippen LogP contribution in [0.1, 0.15) is 22.8 Å². The molecule has 0 spiro atoms. The van der Waals surface area contributed by atoms with Crippen LogP contribution >= 0.6 is 15.9 Å². The fraction of sp³-hybridized carbons (Fsp3) is 0.154. The molecule has 0 saturated heterocycles. The van der Waals surface area contributed by atoms with Crippen LogP contribution in [-0.2, 0) is 0 Å². The highest BCUT2D eigenvalue weighted by Crippen LogP contribution is 2.28. The standard InChI is InChI=1S/C13H11BrFNO/c1-8-4-9(7-16-6-8)13(17)11-3-2-10(15)5-12(11)14/h2-7,13,17H,1H3. The molecule has 0 fully saturated rings. The lowest BCUT2D eigenvalue weighted by molar-refractivity contribution is 0.219. The fourth-order valence-electron chi connectivity index (χ4n) is 1.63. The number of benzene rings is 1. The first-order chi connectivity index (χ1) is 8.08. The highest BCUT2D eigenvalue weighted by molar-refractivity contribution is 9.10. The third kappa shape index (κ3) is 2.70. The van der Waals surface area contributed by atoms with Gasteiger partial charge in [0, 0.05) is 22.4 Å². The van der Waals surface area contributed by atoms with E-state index in [0.29, 0.717) is 15.6 Å². The van der Waals surface area contributed by atoms with Gasteiger partial charge in [0.25, 0.3) is 0 Å². The summed E-state index contributed by atoms with van der Waals surface area (Å²) >= 11 is 3.24. The van der Waals surface area contributed by atoms with E-state index < -0.39 is 6.10 Å². The van der Waals surface area contributed by atoms with Crippen LogP contribution in [0.4, 0.5) is 4.39 Å². The Morgan fingerprint density at radius 1 is 1.29 bits per heavy atom. The Bertz CT molecular complexity index is 545. The number of nitrogens with zero attached hydrogens (tertiary/aromatic N) is 1. The van der Waals surface area contributed by atoms with Crippen molar-refractivity contribution in [3.8, 4) is 0 Å². The number of hydrogen-bond acceptors (Lipinski definition) is 2. The van der Waals surface area contributed by atoms with E-state index in [0.717, 1.165) is 5.56 Å². The molecule has 1 aromatic carbocycles. The fourth-order valence-corrected chi connectivity index (χ4v) is 2.20. The van der Waals surface area contributed by atoms with Gasteiger partial charge in [0.2, 0.25) is 0 Å². The molecule has 0 bridgehead atoms. The van der Waals surface area contributed by atoms with Crippen molar-refractivity contribution in [3.63, 3.8) is 0 Å². The highest BCUT2D eigenvalue weighted by Gasteiger charge is 2.14. The van der Waals surface area contributed by atoms with Gasteiger partial charge in [-0.1, -0.05) is 28.1 Å². The van der Waals surface area contributed by atoms with E-state index in [4.69, 9.17) is 0 Å². The molecule has 0 amide bonds. The van der Waals surface area contributed by atoms with Crippen LogP contribution in [0, 0.1) is 12.7 Å². The summed E-state index contributed by atoms with van der Waals surface area (Å²) in [4.78, 5) is 4.03. The number of aryl methyl sites for hydroxylation is 1. The normalized spacial score (nSPS) is 12.5. The van der Waals surface area contributed by atoms with Crippen molar-refractivity contribution in [2.24, 2.45) is 0 Å². The van der Waals surface area contributed by atoms with Crippen molar-refractivity contribution >= 4 is 15.9 Å². The minimum Gasteiger partial charge on any atom is -0.384 e. The van der Waals surface area contributed by atoms with Crippen LogP contribution in [0.25, 0.3) is 0 Å². The molecule has 1 atom stereocenters. The van der Waals surface area contributed by atoms with Crippen molar-refractivity contribution in [2.75, 3.05) is 0 Å². The first kappa shape index (κ1) is 12.2. The molecule has 4 heteroatoms. The predicted molar refractivity (Wildman–Crippen MR) is 67.1 cm³/mol. The van der Waals surface area contributed by atoms with Gasteiger partial charge in [-0.25, -0.2) is 4.39 Å². The largest absolute Gasteiger partial charge is 0.384 e. The molecule has 1 N–H and O–H groups in total. The number of halogens is 2. The van der Waals surface area contributed by atoms with Gasteiger partial charge < -0.3 is 5.11 Å². The maximum absolute atomic E-state index is 13.0. The molecule has 2 nitrogen and oxygen atoms in total. The summed E-state index contributed by atoms with van der Waals surface area (Å²) < 4.78 is 13.5. The van der Waals surface area contributed by atoms with Gasteiger partial charge in [-0.15, -0.1) is 0 Å². The van der Waals surface area contributed by atoms with Crippen molar-refractivity contribution in [3.05, 3.63) is 63.6 Å². The number of rotatable bonds is 2. The lowest BCUT2D eigenvalue weighted by atomic mass is 10.0. The van der Waals surface area contributed by atoms with Crippen LogP contribution < -0.4 is 0 Å². The Balaban J connectivity index is 2.40. The first-order valence-corrected chi connectivity index (χ1v) is 5.92. The molecule has 1 heterocycles. The zero-order chi connectivity index (χ0) is 12.4. The topological polar surface area (TPSA) is 33.1 Å². The molecule has 0 aliphatic carbocycles. The Morgan fingerprint density at radius 3 is 2.71 bits per heavy atom. The Hall–Kier alpha value is -1.26. The second-order valence-electron chi connectivity index (χ2n) is 3.86. The number of aliphatic hydroxyl groups is 1. The maximum atomic E-state index is 13.0. The Labute approximate surface area is 107 Å². The minimum absolute atomic E-state index is 0.338. The average molecular weight is 296 g/mol. The highest BCUT2D eigenvalue weighted by atomic mass is 79.9. The number of pyridine rings is 1. The molecule has 1 aromatic heterocycles. The van der Waals surface area contributed by atoms with E-state index >= 15 is 0 Å². The summed E-state index contributed by atoms with van der Waals surface area (Å²) in [5.41, 5.74) is 2.29.